The molecule has 19 heavy (non-hydrogen) atoms. The molecule has 0 aliphatic heterocycles. The lowest BCUT2D eigenvalue weighted by molar-refractivity contribution is 0.471. The molecular weight excluding hydrogens is 258 g/mol. The van der Waals surface area contributed by atoms with E-state index in [1.165, 1.54) is 24.2 Å². The Bertz CT molecular complexity index is 642. The van der Waals surface area contributed by atoms with Crippen LogP contribution in [0, 0.1) is 12.8 Å². The summed E-state index contributed by atoms with van der Waals surface area (Å²) in [6.45, 7) is 5.74. The number of aromatic nitrogens is 2. The molecule has 0 radical (unpaired) electrons. The van der Waals surface area contributed by atoms with Crippen molar-refractivity contribution in [1.82, 2.24) is 14.9 Å². The molecule has 0 aromatic carbocycles. The van der Waals surface area contributed by atoms with Crippen molar-refractivity contribution in [2.75, 3.05) is 6.54 Å². The molecule has 1 atom stereocenters. The third-order valence-electron chi connectivity index (χ3n) is 3.87. The standard InChI is InChI=1S/C14H19N3OS/c1-9-7-19-13-12(9)16-8-17(14(13)18)6-5-15-10(2)11-3-4-11/h7-8,10-11,15H,3-6H2,1-2H3. The third kappa shape index (κ3) is 2.58. The SMILES string of the molecule is Cc1csc2c(=O)n(CCNC(C)C3CC3)cnc12. The minimum atomic E-state index is 0.0870. The summed E-state index contributed by atoms with van der Waals surface area (Å²) in [6.07, 6.45) is 4.36. The van der Waals surface area contributed by atoms with Gasteiger partial charge in [0, 0.05) is 19.1 Å². The van der Waals surface area contributed by atoms with Gasteiger partial charge >= 0.3 is 0 Å². The van der Waals surface area contributed by atoms with Crippen LogP contribution in [-0.4, -0.2) is 22.1 Å². The first-order valence-corrected chi connectivity index (χ1v) is 7.71. The number of nitrogens with zero attached hydrogens (tertiary/aromatic N) is 2. The second-order valence-corrected chi connectivity index (χ2v) is 6.30. The van der Waals surface area contributed by atoms with Crippen LogP contribution in [-0.2, 0) is 6.54 Å². The van der Waals surface area contributed by atoms with Crippen LogP contribution in [0.3, 0.4) is 0 Å². The number of hydrogen-bond acceptors (Lipinski definition) is 4. The Morgan fingerprint density at radius 1 is 1.58 bits per heavy atom. The molecule has 0 spiro atoms. The summed E-state index contributed by atoms with van der Waals surface area (Å²) in [5.41, 5.74) is 2.03. The van der Waals surface area contributed by atoms with Gasteiger partial charge in [0.05, 0.1) is 11.8 Å². The molecule has 2 heterocycles. The van der Waals surface area contributed by atoms with E-state index < -0.39 is 0 Å². The monoisotopic (exact) mass is 277 g/mol. The van der Waals surface area contributed by atoms with E-state index in [0.717, 1.165) is 28.2 Å². The van der Waals surface area contributed by atoms with Crippen molar-refractivity contribution < 1.29 is 0 Å². The normalized spacial score (nSPS) is 16.9. The van der Waals surface area contributed by atoms with Crippen molar-refractivity contribution >= 4 is 21.6 Å². The minimum Gasteiger partial charge on any atom is -0.312 e. The molecule has 4 nitrogen and oxygen atoms in total. The largest absolute Gasteiger partial charge is 0.312 e. The van der Waals surface area contributed by atoms with E-state index in [2.05, 4.69) is 17.2 Å². The summed E-state index contributed by atoms with van der Waals surface area (Å²) in [7, 11) is 0. The fourth-order valence-corrected chi connectivity index (χ4v) is 3.34. The topological polar surface area (TPSA) is 46.9 Å². The Kier molecular flexibility index (Phi) is 3.41. The van der Waals surface area contributed by atoms with Crippen LogP contribution in [0.5, 0.6) is 0 Å². The van der Waals surface area contributed by atoms with Gasteiger partial charge in [-0.25, -0.2) is 4.98 Å². The highest BCUT2D eigenvalue weighted by Gasteiger charge is 2.27. The molecule has 1 aliphatic rings. The fourth-order valence-electron chi connectivity index (χ4n) is 2.40. The Labute approximate surface area is 116 Å². The molecule has 0 bridgehead atoms. The third-order valence-corrected chi connectivity index (χ3v) is 4.95. The van der Waals surface area contributed by atoms with Gasteiger partial charge in [-0.15, -0.1) is 11.3 Å². The summed E-state index contributed by atoms with van der Waals surface area (Å²) in [4.78, 5) is 16.7. The van der Waals surface area contributed by atoms with Gasteiger partial charge in [0.25, 0.3) is 5.56 Å². The van der Waals surface area contributed by atoms with Crippen LogP contribution >= 0.6 is 11.3 Å². The summed E-state index contributed by atoms with van der Waals surface area (Å²) in [6, 6.07) is 0.566. The van der Waals surface area contributed by atoms with E-state index in [1.54, 1.807) is 10.9 Å². The van der Waals surface area contributed by atoms with Crippen LogP contribution in [0.2, 0.25) is 0 Å². The van der Waals surface area contributed by atoms with Gasteiger partial charge in [-0.1, -0.05) is 0 Å². The Hall–Kier alpha value is -1.20. The van der Waals surface area contributed by atoms with Crippen LogP contribution < -0.4 is 10.9 Å². The van der Waals surface area contributed by atoms with Crippen LogP contribution in [0.25, 0.3) is 10.2 Å². The lowest BCUT2D eigenvalue weighted by Gasteiger charge is -2.13. The molecule has 1 N–H and O–H groups in total. The van der Waals surface area contributed by atoms with E-state index in [-0.39, 0.29) is 5.56 Å². The van der Waals surface area contributed by atoms with E-state index in [9.17, 15) is 4.79 Å². The van der Waals surface area contributed by atoms with Gasteiger partial charge in [0.15, 0.2) is 0 Å². The second-order valence-electron chi connectivity index (χ2n) is 5.42. The van der Waals surface area contributed by atoms with Crippen molar-refractivity contribution in [1.29, 1.82) is 0 Å². The van der Waals surface area contributed by atoms with Gasteiger partial charge in [-0.05, 0) is 43.6 Å². The summed E-state index contributed by atoms with van der Waals surface area (Å²) >= 11 is 1.49. The first-order valence-electron chi connectivity index (χ1n) is 6.83. The maximum absolute atomic E-state index is 12.3. The van der Waals surface area contributed by atoms with Gasteiger partial charge in [-0.3, -0.25) is 9.36 Å². The number of fused-ring (bicyclic) bond motifs is 1. The molecule has 5 heteroatoms. The molecule has 0 amide bonds. The molecule has 2 aromatic heterocycles. The smallest absolute Gasteiger partial charge is 0.271 e. The first-order chi connectivity index (χ1) is 9.16. The lowest BCUT2D eigenvalue weighted by Crippen LogP contribution is -2.33. The highest BCUT2D eigenvalue weighted by atomic mass is 32.1. The predicted octanol–water partition coefficient (Wildman–Crippen LogP) is 2.15. The number of nitrogens with one attached hydrogen (secondary N) is 1. The maximum Gasteiger partial charge on any atom is 0.271 e. The summed E-state index contributed by atoms with van der Waals surface area (Å²) < 4.78 is 2.49. The summed E-state index contributed by atoms with van der Waals surface area (Å²) in [5, 5.41) is 5.49. The average Bonchev–Trinajstić information content (AvgIpc) is 3.17. The van der Waals surface area contributed by atoms with E-state index in [4.69, 9.17) is 0 Å². The molecule has 2 aromatic rings. The molecular formula is C14H19N3OS. The number of hydrogen-bond donors (Lipinski definition) is 1. The van der Waals surface area contributed by atoms with E-state index >= 15 is 0 Å². The fraction of sp³-hybridized carbons (Fsp3) is 0.571. The zero-order valence-electron chi connectivity index (χ0n) is 11.3. The Balaban J connectivity index is 1.70. The molecule has 102 valence electrons. The van der Waals surface area contributed by atoms with Crippen molar-refractivity contribution in [3.8, 4) is 0 Å². The Morgan fingerprint density at radius 3 is 3.11 bits per heavy atom. The predicted molar refractivity (Wildman–Crippen MR) is 78.8 cm³/mol. The zero-order valence-corrected chi connectivity index (χ0v) is 12.2. The van der Waals surface area contributed by atoms with Gasteiger partial charge < -0.3 is 5.32 Å². The molecule has 3 rings (SSSR count). The van der Waals surface area contributed by atoms with Gasteiger partial charge in [0.1, 0.15) is 4.70 Å². The Morgan fingerprint density at radius 2 is 2.37 bits per heavy atom. The van der Waals surface area contributed by atoms with Gasteiger partial charge in [-0.2, -0.15) is 0 Å². The molecule has 0 saturated heterocycles. The molecule has 1 saturated carbocycles. The highest BCUT2D eigenvalue weighted by Crippen LogP contribution is 2.32. The van der Waals surface area contributed by atoms with Crippen molar-refractivity contribution in [2.45, 2.75) is 39.3 Å². The number of thiophene rings is 1. The van der Waals surface area contributed by atoms with Crippen LogP contribution in [0.15, 0.2) is 16.5 Å². The van der Waals surface area contributed by atoms with Crippen LogP contribution in [0.1, 0.15) is 25.3 Å². The number of rotatable bonds is 5. The van der Waals surface area contributed by atoms with E-state index in [1.807, 2.05) is 12.3 Å². The van der Waals surface area contributed by atoms with Crippen molar-refractivity contribution in [3.63, 3.8) is 0 Å². The van der Waals surface area contributed by atoms with Gasteiger partial charge in [0.2, 0.25) is 0 Å². The summed E-state index contributed by atoms with van der Waals surface area (Å²) in [5.74, 6) is 0.845. The molecule has 1 unspecified atom stereocenters. The molecule has 1 fully saturated rings. The van der Waals surface area contributed by atoms with Crippen molar-refractivity contribution in [2.24, 2.45) is 5.92 Å². The first kappa shape index (κ1) is 12.8. The number of aryl methyl sites for hydroxylation is 1. The molecule has 1 aliphatic carbocycles. The van der Waals surface area contributed by atoms with Crippen LogP contribution in [0.4, 0.5) is 0 Å². The maximum atomic E-state index is 12.3. The lowest BCUT2D eigenvalue weighted by atomic mass is 10.2. The highest BCUT2D eigenvalue weighted by molar-refractivity contribution is 7.17. The second kappa shape index (κ2) is 5.06. The quantitative estimate of drug-likeness (QED) is 0.911. The minimum absolute atomic E-state index is 0.0870. The zero-order chi connectivity index (χ0) is 13.4. The van der Waals surface area contributed by atoms with Crippen molar-refractivity contribution in [3.05, 3.63) is 27.6 Å². The van der Waals surface area contributed by atoms with E-state index in [0.29, 0.717) is 12.6 Å². The average molecular weight is 277 g/mol.